The molecule has 2 heterocycles. The summed E-state index contributed by atoms with van der Waals surface area (Å²) in [5.41, 5.74) is 1.69. The summed E-state index contributed by atoms with van der Waals surface area (Å²) in [6.45, 7) is 0.836. The minimum atomic E-state index is -0.690. The fraction of sp³-hybridized carbons (Fsp3) is 0.185. The molecule has 35 heavy (non-hydrogen) atoms. The van der Waals surface area contributed by atoms with Gasteiger partial charge in [-0.1, -0.05) is 18.2 Å². The van der Waals surface area contributed by atoms with Crippen molar-refractivity contribution < 1.29 is 33.6 Å². The standard InChI is InChI=1S/C27H22O8/c1-32-24(30)13-19(16-4-9-22-23(12-16)34-11-10-33-22)25-21(29)8-7-18-26(31)20(14-35-27(18)25)15-2-5-17(28)6-3-15/h2-9,12,14,19,28-29H,10-11,13H2,1H3/t19-/m0/s1. The third-order valence-corrected chi connectivity index (χ3v) is 6.05. The number of phenolic OH excluding ortho intramolecular Hbond substituents is 2. The molecular formula is C27H22O8. The number of ether oxygens (including phenoxy) is 3. The molecule has 0 fully saturated rings. The molecule has 0 spiro atoms. The van der Waals surface area contributed by atoms with Crippen LogP contribution >= 0.6 is 0 Å². The summed E-state index contributed by atoms with van der Waals surface area (Å²) in [6, 6.07) is 14.4. The molecule has 178 valence electrons. The Labute approximate surface area is 199 Å². The van der Waals surface area contributed by atoms with Gasteiger partial charge in [-0.05, 0) is 47.5 Å². The number of benzene rings is 3. The maximum Gasteiger partial charge on any atom is 0.306 e. The normalized spacial score (nSPS) is 13.4. The number of fused-ring (bicyclic) bond motifs is 2. The van der Waals surface area contributed by atoms with Crippen LogP contribution in [-0.4, -0.2) is 36.5 Å². The highest BCUT2D eigenvalue weighted by Gasteiger charge is 2.28. The molecule has 8 nitrogen and oxygen atoms in total. The average Bonchev–Trinajstić information content (AvgIpc) is 2.88. The molecule has 0 amide bonds. The molecule has 2 N–H and O–H groups in total. The molecule has 1 aliphatic heterocycles. The lowest BCUT2D eigenvalue weighted by molar-refractivity contribution is -0.140. The van der Waals surface area contributed by atoms with E-state index < -0.39 is 11.9 Å². The van der Waals surface area contributed by atoms with Crippen molar-refractivity contribution >= 4 is 16.9 Å². The minimum Gasteiger partial charge on any atom is -0.508 e. The number of hydrogen-bond acceptors (Lipinski definition) is 8. The topological polar surface area (TPSA) is 115 Å². The zero-order valence-electron chi connectivity index (χ0n) is 18.8. The Kier molecular flexibility index (Phi) is 5.78. The van der Waals surface area contributed by atoms with Gasteiger partial charge in [0.05, 0.1) is 24.5 Å². The lowest BCUT2D eigenvalue weighted by atomic mass is 9.86. The second-order valence-corrected chi connectivity index (χ2v) is 8.14. The van der Waals surface area contributed by atoms with Crippen LogP contribution < -0.4 is 14.9 Å². The second kappa shape index (κ2) is 9.06. The van der Waals surface area contributed by atoms with E-state index in [9.17, 15) is 19.8 Å². The predicted molar refractivity (Wildman–Crippen MR) is 127 cm³/mol. The van der Waals surface area contributed by atoms with Gasteiger partial charge in [-0.2, -0.15) is 0 Å². The molecule has 3 aromatic carbocycles. The third kappa shape index (κ3) is 4.14. The van der Waals surface area contributed by atoms with Crippen LogP contribution in [0.15, 0.2) is 70.1 Å². The zero-order valence-corrected chi connectivity index (χ0v) is 18.8. The SMILES string of the molecule is COC(=O)C[C@@H](c1ccc2c(c1)OCCO2)c1c(O)ccc2c(=O)c(-c3ccc(O)cc3)coc12. The lowest BCUT2D eigenvalue weighted by Crippen LogP contribution is -2.16. The van der Waals surface area contributed by atoms with Gasteiger partial charge < -0.3 is 28.8 Å². The highest BCUT2D eigenvalue weighted by molar-refractivity contribution is 5.87. The number of rotatable bonds is 5. The van der Waals surface area contributed by atoms with Crippen LogP contribution in [0.25, 0.3) is 22.1 Å². The highest BCUT2D eigenvalue weighted by Crippen LogP contribution is 2.42. The van der Waals surface area contributed by atoms with Gasteiger partial charge in [-0.25, -0.2) is 0 Å². The smallest absolute Gasteiger partial charge is 0.306 e. The Hall–Kier alpha value is -4.46. The first kappa shape index (κ1) is 22.3. The molecule has 5 rings (SSSR count). The Balaban J connectivity index is 1.69. The first-order valence-electron chi connectivity index (χ1n) is 11.0. The van der Waals surface area contributed by atoms with Crippen LogP contribution in [0.1, 0.15) is 23.5 Å². The summed E-state index contributed by atoms with van der Waals surface area (Å²) in [5.74, 6) is -0.115. The van der Waals surface area contributed by atoms with E-state index in [1.54, 1.807) is 30.3 Å². The first-order chi connectivity index (χ1) is 17.0. The number of phenols is 2. The van der Waals surface area contributed by atoms with E-state index in [1.165, 1.54) is 37.6 Å². The van der Waals surface area contributed by atoms with Gasteiger partial charge >= 0.3 is 5.97 Å². The van der Waals surface area contributed by atoms with Crippen LogP contribution in [0, 0.1) is 0 Å². The fourth-order valence-electron chi connectivity index (χ4n) is 4.30. The van der Waals surface area contributed by atoms with Gasteiger partial charge in [0.1, 0.15) is 36.6 Å². The van der Waals surface area contributed by atoms with Crippen LogP contribution in [0.2, 0.25) is 0 Å². The van der Waals surface area contributed by atoms with Crippen molar-refractivity contribution in [1.82, 2.24) is 0 Å². The molecule has 0 bridgehead atoms. The molecule has 4 aromatic rings. The molecule has 1 atom stereocenters. The van der Waals surface area contributed by atoms with Gasteiger partial charge in [0, 0.05) is 11.5 Å². The summed E-state index contributed by atoms with van der Waals surface area (Å²) in [6.07, 6.45) is 1.21. The van der Waals surface area contributed by atoms with Gasteiger partial charge in [0.25, 0.3) is 0 Å². The molecule has 0 unspecified atom stereocenters. The van der Waals surface area contributed by atoms with Crippen LogP contribution in [0.4, 0.5) is 0 Å². The number of aromatic hydroxyl groups is 2. The summed E-state index contributed by atoms with van der Waals surface area (Å²) >= 11 is 0. The molecule has 1 aliphatic rings. The van der Waals surface area contributed by atoms with E-state index >= 15 is 0 Å². The van der Waals surface area contributed by atoms with E-state index in [0.29, 0.717) is 47.0 Å². The number of hydrogen-bond donors (Lipinski definition) is 2. The van der Waals surface area contributed by atoms with E-state index in [1.807, 2.05) is 0 Å². The molecule has 0 radical (unpaired) electrons. The number of methoxy groups -OCH3 is 1. The summed E-state index contributed by atoms with van der Waals surface area (Å²) < 4.78 is 22.1. The second-order valence-electron chi connectivity index (χ2n) is 8.14. The maximum absolute atomic E-state index is 13.4. The van der Waals surface area contributed by atoms with Gasteiger partial charge in [0.2, 0.25) is 5.43 Å². The first-order valence-corrected chi connectivity index (χ1v) is 11.0. The lowest BCUT2D eigenvalue weighted by Gasteiger charge is -2.23. The fourth-order valence-corrected chi connectivity index (χ4v) is 4.30. The quantitative estimate of drug-likeness (QED) is 0.411. The van der Waals surface area contributed by atoms with E-state index in [4.69, 9.17) is 18.6 Å². The van der Waals surface area contributed by atoms with Crippen molar-refractivity contribution in [2.75, 3.05) is 20.3 Å². The highest BCUT2D eigenvalue weighted by atomic mass is 16.6. The molecule has 1 aromatic heterocycles. The van der Waals surface area contributed by atoms with Crippen molar-refractivity contribution in [3.8, 4) is 34.1 Å². The third-order valence-electron chi connectivity index (χ3n) is 6.05. The Morgan fingerprint density at radius 3 is 2.49 bits per heavy atom. The Morgan fingerprint density at radius 1 is 1.00 bits per heavy atom. The predicted octanol–water partition coefficient (Wildman–Crippen LogP) is 4.34. The molecule has 0 saturated carbocycles. The molecular weight excluding hydrogens is 452 g/mol. The van der Waals surface area contributed by atoms with Gasteiger partial charge in [0.15, 0.2) is 11.5 Å². The molecule has 0 aliphatic carbocycles. The number of carbonyl (C=O) groups excluding carboxylic acids is 1. The van der Waals surface area contributed by atoms with Gasteiger partial charge in [-0.3, -0.25) is 9.59 Å². The van der Waals surface area contributed by atoms with Gasteiger partial charge in [-0.15, -0.1) is 0 Å². The average molecular weight is 474 g/mol. The van der Waals surface area contributed by atoms with E-state index in [2.05, 4.69) is 0 Å². The minimum absolute atomic E-state index is 0.0798. The Morgan fingerprint density at radius 2 is 1.74 bits per heavy atom. The van der Waals surface area contributed by atoms with Crippen molar-refractivity contribution in [2.24, 2.45) is 0 Å². The summed E-state index contributed by atoms with van der Waals surface area (Å²) in [7, 11) is 1.29. The van der Waals surface area contributed by atoms with Crippen molar-refractivity contribution in [1.29, 1.82) is 0 Å². The molecule has 0 saturated heterocycles. The number of carbonyl (C=O) groups is 1. The Bertz CT molecular complexity index is 1470. The maximum atomic E-state index is 13.4. The van der Waals surface area contributed by atoms with Crippen LogP contribution in [0.5, 0.6) is 23.0 Å². The summed E-state index contributed by atoms with van der Waals surface area (Å²) in [4.78, 5) is 25.7. The van der Waals surface area contributed by atoms with Crippen molar-refractivity contribution in [3.63, 3.8) is 0 Å². The zero-order chi connectivity index (χ0) is 24.5. The van der Waals surface area contributed by atoms with Crippen LogP contribution in [0.3, 0.4) is 0 Å². The van der Waals surface area contributed by atoms with Crippen LogP contribution in [-0.2, 0) is 9.53 Å². The van der Waals surface area contributed by atoms with E-state index in [0.717, 1.165) is 0 Å². The number of esters is 1. The van der Waals surface area contributed by atoms with Crippen molar-refractivity contribution in [3.05, 3.63) is 82.2 Å². The van der Waals surface area contributed by atoms with E-state index in [-0.39, 0.29) is 34.3 Å². The monoisotopic (exact) mass is 474 g/mol. The van der Waals surface area contributed by atoms with Crippen molar-refractivity contribution in [2.45, 2.75) is 12.3 Å². The molecule has 8 heteroatoms. The summed E-state index contributed by atoms with van der Waals surface area (Å²) in [5, 5.41) is 20.7. The largest absolute Gasteiger partial charge is 0.508 e.